The molecule has 0 aliphatic heterocycles. The third-order valence-electron chi connectivity index (χ3n) is 4.96. The van der Waals surface area contributed by atoms with E-state index in [-0.39, 0.29) is 0 Å². The van der Waals surface area contributed by atoms with Gasteiger partial charge in [0, 0.05) is 18.3 Å². The highest BCUT2D eigenvalue weighted by Crippen LogP contribution is 2.28. The van der Waals surface area contributed by atoms with Gasteiger partial charge >= 0.3 is 11.8 Å². The van der Waals surface area contributed by atoms with Gasteiger partial charge in [-0.05, 0) is 68.1 Å². The van der Waals surface area contributed by atoms with E-state index in [4.69, 9.17) is 5.73 Å². The van der Waals surface area contributed by atoms with Gasteiger partial charge < -0.3 is 16.4 Å². The third-order valence-corrected chi connectivity index (χ3v) is 4.96. The Labute approximate surface area is 137 Å². The monoisotopic (exact) mass is 315 g/mol. The molecule has 3 rings (SSSR count). The van der Waals surface area contributed by atoms with Crippen LogP contribution in [-0.4, -0.2) is 24.4 Å². The Balaban J connectivity index is 1.49. The second-order valence-electron chi connectivity index (χ2n) is 6.75. The van der Waals surface area contributed by atoms with Gasteiger partial charge in [0.25, 0.3) is 0 Å². The van der Waals surface area contributed by atoms with Crippen LogP contribution in [0.15, 0.2) is 18.2 Å². The second-order valence-corrected chi connectivity index (χ2v) is 6.75. The zero-order valence-electron chi connectivity index (χ0n) is 13.4. The fourth-order valence-corrected chi connectivity index (χ4v) is 3.57. The van der Waals surface area contributed by atoms with Crippen LogP contribution in [0.5, 0.6) is 0 Å². The van der Waals surface area contributed by atoms with Crippen LogP contribution in [0.1, 0.15) is 43.2 Å². The normalized spacial score (nSPS) is 22.7. The number of hydrogen-bond acceptors (Lipinski definition) is 3. The van der Waals surface area contributed by atoms with Crippen molar-refractivity contribution in [2.45, 2.75) is 51.0 Å². The lowest BCUT2D eigenvalue weighted by atomic mass is 9.79. The van der Waals surface area contributed by atoms with E-state index in [1.54, 1.807) is 0 Å². The van der Waals surface area contributed by atoms with Gasteiger partial charge in [0.2, 0.25) is 0 Å². The Morgan fingerprint density at radius 2 is 1.91 bits per heavy atom. The Morgan fingerprint density at radius 3 is 2.70 bits per heavy atom. The van der Waals surface area contributed by atoms with Crippen LogP contribution in [0, 0.1) is 5.92 Å². The number of benzene rings is 1. The summed E-state index contributed by atoms with van der Waals surface area (Å²) >= 11 is 0. The maximum Gasteiger partial charge on any atom is 0.313 e. The zero-order valence-corrected chi connectivity index (χ0v) is 13.4. The minimum Gasteiger partial charge on any atom is -0.348 e. The molecule has 0 radical (unpaired) electrons. The van der Waals surface area contributed by atoms with Crippen LogP contribution in [0.25, 0.3) is 0 Å². The average molecular weight is 315 g/mol. The number of carbonyl (C=O) groups excluding carboxylic acids is 2. The van der Waals surface area contributed by atoms with Crippen molar-refractivity contribution in [1.29, 1.82) is 0 Å². The Hall–Kier alpha value is -1.88. The number of anilines is 1. The predicted molar refractivity (Wildman–Crippen MR) is 90.0 cm³/mol. The van der Waals surface area contributed by atoms with E-state index in [1.165, 1.54) is 17.5 Å². The molecule has 4 N–H and O–H groups in total. The molecule has 0 atom stereocenters. The first-order valence-electron chi connectivity index (χ1n) is 8.59. The molecule has 1 saturated carbocycles. The highest BCUT2D eigenvalue weighted by Gasteiger charge is 2.25. The molecule has 5 heteroatoms. The van der Waals surface area contributed by atoms with Crippen LogP contribution in [0.2, 0.25) is 0 Å². The topological polar surface area (TPSA) is 84.2 Å². The minimum absolute atomic E-state index is 0.322. The number of fused-ring (bicyclic) bond motifs is 1. The highest BCUT2D eigenvalue weighted by molar-refractivity contribution is 6.39. The lowest BCUT2D eigenvalue weighted by molar-refractivity contribution is -0.136. The van der Waals surface area contributed by atoms with Crippen LogP contribution in [0.3, 0.4) is 0 Å². The van der Waals surface area contributed by atoms with E-state index in [0.29, 0.717) is 18.5 Å². The van der Waals surface area contributed by atoms with Gasteiger partial charge in [-0.1, -0.05) is 12.1 Å². The SMILES string of the molecule is NC1CC(CCNC(=O)C(=O)Nc2cccc3c2CCCC3)C1. The minimum atomic E-state index is -0.575. The molecule has 0 unspecified atom stereocenters. The Kier molecular flexibility index (Phi) is 4.96. The quantitative estimate of drug-likeness (QED) is 0.740. The van der Waals surface area contributed by atoms with E-state index >= 15 is 0 Å². The number of nitrogens with two attached hydrogens (primary N) is 1. The summed E-state index contributed by atoms with van der Waals surface area (Å²) in [6.45, 7) is 0.538. The molecule has 1 fully saturated rings. The molecular weight excluding hydrogens is 290 g/mol. The number of rotatable bonds is 4. The number of amides is 2. The average Bonchev–Trinajstić information content (AvgIpc) is 2.53. The van der Waals surface area contributed by atoms with E-state index in [2.05, 4.69) is 16.7 Å². The van der Waals surface area contributed by atoms with Crippen molar-refractivity contribution < 1.29 is 9.59 Å². The van der Waals surface area contributed by atoms with Gasteiger partial charge in [0.05, 0.1) is 0 Å². The summed E-state index contributed by atoms with van der Waals surface area (Å²) in [7, 11) is 0. The van der Waals surface area contributed by atoms with E-state index in [9.17, 15) is 9.59 Å². The molecule has 124 valence electrons. The smallest absolute Gasteiger partial charge is 0.313 e. The van der Waals surface area contributed by atoms with Crippen molar-refractivity contribution in [2.24, 2.45) is 11.7 Å². The molecule has 23 heavy (non-hydrogen) atoms. The maximum absolute atomic E-state index is 12.1. The molecule has 2 aliphatic rings. The van der Waals surface area contributed by atoms with Crippen molar-refractivity contribution >= 4 is 17.5 Å². The fourth-order valence-electron chi connectivity index (χ4n) is 3.57. The molecule has 2 aliphatic carbocycles. The third kappa shape index (κ3) is 3.91. The van der Waals surface area contributed by atoms with E-state index in [0.717, 1.165) is 44.2 Å². The zero-order chi connectivity index (χ0) is 16.2. The van der Waals surface area contributed by atoms with Crippen molar-refractivity contribution in [1.82, 2.24) is 5.32 Å². The summed E-state index contributed by atoms with van der Waals surface area (Å²) in [5.41, 5.74) is 8.99. The summed E-state index contributed by atoms with van der Waals surface area (Å²) in [5, 5.41) is 5.48. The number of hydrogen-bond donors (Lipinski definition) is 3. The molecular formula is C18H25N3O2. The predicted octanol–water partition coefficient (Wildman–Crippen LogP) is 1.75. The van der Waals surface area contributed by atoms with Gasteiger partial charge in [-0.15, -0.1) is 0 Å². The van der Waals surface area contributed by atoms with Gasteiger partial charge in [-0.25, -0.2) is 0 Å². The van der Waals surface area contributed by atoms with Crippen LogP contribution in [0.4, 0.5) is 5.69 Å². The molecule has 0 heterocycles. The van der Waals surface area contributed by atoms with E-state index in [1.807, 2.05) is 12.1 Å². The van der Waals surface area contributed by atoms with Crippen molar-refractivity contribution in [3.05, 3.63) is 29.3 Å². The van der Waals surface area contributed by atoms with E-state index < -0.39 is 11.8 Å². The summed E-state index contributed by atoms with van der Waals surface area (Å²) in [4.78, 5) is 24.0. The van der Waals surface area contributed by atoms with Crippen LogP contribution in [-0.2, 0) is 22.4 Å². The summed E-state index contributed by atoms with van der Waals surface area (Å²) in [6, 6.07) is 6.25. The van der Waals surface area contributed by atoms with Gasteiger partial charge in [0.1, 0.15) is 0 Å². The van der Waals surface area contributed by atoms with Crippen molar-refractivity contribution in [2.75, 3.05) is 11.9 Å². The first kappa shape index (κ1) is 16.0. The first-order chi connectivity index (χ1) is 11.1. The highest BCUT2D eigenvalue weighted by atomic mass is 16.2. The maximum atomic E-state index is 12.1. The number of aryl methyl sites for hydroxylation is 1. The molecule has 0 aromatic heterocycles. The molecule has 2 amide bonds. The van der Waals surface area contributed by atoms with Gasteiger partial charge in [-0.2, -0.15) is 0 Å². The Bertz CT molecular complexity index is 594. The number of nitrogens with one attached hydrogen (secondary N) is 2. The standard InChI is InChI=1S/C18H25N3O2/c19-14-10-12(11-14)8-9-20-17(22)18(23)21-16-7-3-5-13-4-1-2-6-15(13)16/h3,5,7,12,14H,1-2,4,6,8-11,19H2,(H,20,22)(H,21,23). The number of carbonyl (C=O) groups is 2. The second kappa shape index (κ2) is 7.13. The van der Waals surface area contributed by atoms with Crippen LogP contribution < -0.4 is 16.4 Å². The Morgan fingerprint density at radius 1 is 1.13 bits per heavy atom. The molecule has 0 saturated heterocycles. The molecule has 0 bridgehead atoms. The lowest BCUT2D eigenvalue weighted by Gasteiger charge is -2.32. The molecule has 0 spiro atoms. The molecule has 5 nitrogen and oxygen atoms in total. The van der Waals surface area contributed by atoms with Gasteiger partial charge in [-0.3, -0.25) is 9.59 Å². The first-order valence-corrected chi connectivity index (χ1v) is 8.59. The fraction of sp³-hybridized carbons (Fsp3) is 0.556. The summed E-state index contributed by atoms with van der Waals surface area (Å²) in [6.07, 6.45) is 7.29. The van der Waals surface area contributed by atoms with Crippen molar-refractivity contribution in [3.8, 4) is 0 Å². The lowest BCUT2D eigenvalue weighted by Crippen LogP contribution is -2.40. The summed E-state index contributed by atoms with van der Waals surface area (Å²) in [5.74, 6) is -0.536. The van der Waals surface area contributed by atoms with Gasteiger partial charge in [0.15, 0.2) is 0 Å². The van der Waals surface area contributed by atoms with Crippen LogP contribution >= 0.6 is 0 Å². The molecule has 1 aromatic carbocycles. The summed E-state index contributed by atoms with van der Waals surface area (Å²) < 4.78 is 0. The largest absolute Gasteiger partial charge is 0.348 e. The van der Waals surface area contributed by atoms with Crippen molar-refractivity contribution in [3.63, 3.8) is 0 Å². The molecule has 1 aromatic rings.